The number of benzene rings is 14. The highest BCUT2D eigenvalue weighted by molar-refractivity contribution is 6.29. The van der Waals surface area contributed by atoms with Crippen LogP contribution in [0.25, 0.3) is 143 Å². The Hall–Kier alpha value is -9.88. The predicted octanol–water partition coefficient (Wildman–Crippen LogP) is 23.8. The number of rotatable bonds is 4. The summed E-state index contributed by atoms with van der Waals surface area (Å²) in [5, 5.41) is 10.8. The first-order valence-electron chi connectivity index (χ1n) is 30.2. The van der Waals surface area contributed by atoms with Crippen LogP contribution in [0.5, 0.6) is 0 Å². The van der Waals surface area contributed by atoms with Crippen molar-refractivity contribution in [2.75, 3.05) is 0 Å². The molecule has 0 unspecified atom stereocenters. The van der Waals surface area contributed by atoms with Gasteiger partial charge < -0.3 is 0 Å². The first-order valence-corrected chi connectivity index (χ1v) is 30.2. The fraction of sp³-hybridized carbons (Fsp3) is 0.106. The normalized spacial score (nSPS) is 12.6. The van der Waals surface area contributed by atoms with Crippen LogP contribution in [0.3, 0.4) is 0 Å². The third-order valence-electron chi connectivity index (χ3n) is 18.8. The maximum absolute atomic E-state index is 2.37. The lowest BCUT2D eigenvalue weighted by Gasteiger charge is -2.22. The van der Waals surface area contributed by atoms with Gasteiger partial charge in [0.2, 0.25) is 0 Å². The molecule has 14 aromatic carbocycles. The van der Waals surface area contributed by atoms with Gasteiger partial charge in [0.1, 0.15) is 0 Å². The van der Waals surface area contributed by atoms with Crippen LogP contribution in [-0.2, 0) is 5.41 Å². The summed E-state index contributed by atoms with van der Waals surface area (Å²) in [6.45, 7) is 17.8. The van der Waals surface area contributed by atoms with Gasteiger partial charge in [-0.3, -0.25) is 0 Å². The molecule has 3 aliphatic rings. The summed E-state index contributed by atoms with van der Waals surface area (Å²) < 4.78 is 0. The maximum Gasteiger partial charge on any atom is 0.0159 e. The van der Waals surface area contributed by atoms with Crippen molar-refractivity contribution in [2.24, 2.45) is 0 Å². The minimum absolute atomic E-state index is 0.142. The largest absolute Gasteiger partial charge is 0.0622 e. The van der Waals surface area contributed by atoms with E-state index in [9.17, 15) is 0 Å². The van der Waals surface area contributed by atoms with Gasteiger partial charge in [0.05, 0.1) is 0 Å². The first-order chi connectivity index (χ1) is 41.4. The molecule has 0 heteroatoms. The average Bonchev–Trinajstić information content (AvgIpc) is 1.63. The third kappa shape index (κ3) is 8.25. The summed E-state index contributed by atoms with van der Waals surface area (Å²) in [4.78, 5) is 0. The summed E-state index contributed by atoms with van der Waals surface area (Å²) in [5.74, 6) is 0. The molecular weight excluding hydrogens is 1020 g/mol. The Morgan fingerprint density at radius 1 is 0.212 bits per heavy atom. The average molecular weight is 1090 g/mol. The van der Waals surface area contributed by atoms with Crippen LogP contribution < -0.4 is 0 Å². The topological polar surface area (TPSA) is 0 Å². The van der Waals surface area contributed by atoms with E-state index in [2.05, 4.69) is 310 Å². The van der Waals surface area contributed by atoms with Crippen LogP contribution in [0.4, 0.5) is 0 Å². The molecule has 0 atom stereocenters. The Bertz CT molecular complexity index is 4770. The van der Waals surface area contributed by atoms with Crippen LogP contribution in [0.1, 0.15) is 58.4 Å². The van der Waals surface area contributed by atoms with Crippen molar-refractivity contribution in [1.29, 1.82) is 0 Å². The SMILES string of the molecule is Cc1ccc2c(-c3ccccc3)c3c(c(-c4ccccc4)c2c1)-c1ccc(C)c2cccc-3c12.Cc1ccc2c(-c3ccccc3)c3c(c(-c4ccccc4)c2c1)-c1cccc2c(C)ccc-3c12.Cc1ccc2c(c1)C(C)(C)c1cc(C)ccc1-2. The van der Waals surface area contributed by atoms with Crippen LogP contribution in [0.15, 0.2) is 255 Å². The molecule has 3 aliphatic carbocycles. The predicted molar refractivity (Wildman–Crippen MR) is 366 cm³/mol. The molecule has 0 bridgehead atoms. The Kier molecular flexibility index (Phi) is 12.3. The molecule has 0 radical (unpaired) electrons. The molecule has 14 aromatic rings. The Balaban J connectivity index is 0.000000114. The second-order valence-corrected chi connectivity index (χ2v) is 24.6. The Labute approximate surface area is 500 Å². The third-order valence-corrected chi connectivity index (χ3v) is 18.8. The minimum Gasteiger partial charge on any atom is -0.0622 e. The van der Waals surface area contributed by atoms with Crippen molar-refractivity contribution < 1.29 is 0 Å². The van der Waals surface area contributed by atoms with Crippen LogP contribution in [0.2, 0.25) is 0 Å². The summed E-state index contributed by atoms with van der Waals surface area (Å²) >= 11 is 0. The monoisotopic (exact) mass is 1090 g/mol. The molecule has 0 N–H and O–H groups in total. The summed E-state index contributed by atoms with van der Waals surface area (Å²) in [5.41, 5.74) is 35.2. The molecule has 406 valence electrons. The molecule has 85 heavy (non-hydrogen) atoms. The highest BCUT2D eigenvalue weighted by Crippen LogP contribution is 2.60. The maximum atomic E-state index is 2.37. The molecule has 0 saturated carbocycles. The number of fused-ring (bicyclic) bond motifs is 11. The van der Waals surface area contributed by atoms with Crippen molar-refractivity contribution in [2.45, 2.75) is 60.8 Å². The zero-order valence-electron chi connectivity index (χ0n) is 49.7. The van der Waals surface area contributed by atoms with Crippen molar-refractivity contribution in [3.05, 3.63) is 299 Å². The Morgan fingerprint density at radius 2 is 0.506 bits per heavy atom. The van der Waals surface area contributed by atoms with E-state index in [1.54, 1.807) is 0 Å². The number of aryl methyl sites for hydroxylation is 6. The van der Waals surface area contributed by atoms with E-state index in [0.717, 1.165) is 0 Å². The molecular formula is C85H66. The minimum atomic E-state index is 0.142. The lowest BCUT2D eigenvalue weighted by molar-refractivity contribution is 0.659. The molecule has 0 nitrogen and oxygen atoms in total. The van der Waals surface area contributed by atoms with Gasteiger partial charge in [0, 0.05) is 5.41 Å². The smallest absolute Gasteiger partial charge is 0.0159 e. The molecule has 0 amide bonds. The molecule has 0 fully saturated rings. The van der Waals surface area contributed by atoms with E-state index >= 15 is 0 Å². The van der Waals surface area contributed by atoms with Crippen LogP contribution >= 0.6 is 0 Å². The van der Waals surface area contributed by atoms with E-state index in [0.29, 0.717) is 0 Å². The molecule has 0 aromatic heterocycles. The first kappa shape index (κ1) is 52.0. The van der Waals surface area contributed by atoms with Crippen molar-refractivity contribution in [3.63, 3.8) is 0 Å². The van der Waals surface area contributed by atoms with Gasteiger partial charge in [0.25, 0.3) is 0 Å². The van der Waals surface area contributed by atoms with Crippen molar-refractivity contribution in [1.82, 2.24) is 0 Å². The van der Waals surface area contributed by atoms with Crippen molar-refractivity contribution in [3.8, 4) is 100 Å². The van der Waals surface area contributed by atoms with Gasteiger partial charge in [-0.1, -0.05) is 291 Å². The van der Waals surface area contributed by atoms with E-state index < -0.39 is 0 Å². The van der Waals surface area contributed by atoms with E-state index in [-0.39, 0.29) is 5.41 Å². The highest BCUT2D eigenvalue weighted by atomic mass is 14.4. The molecule has 17 rings (SSSR count). The Morgan fingerprint density at radius 3 is 0.859 bits per heavy atom. The standard InChI is InChI=1S/2C34H24.C17H18/c1-21-16-18-26-29(20-21)31(24-12-7-4-8-13-24)33-27-15-9-14-25-22(2)17-19-28(32(25)27)34(33)30(26)23-10-5-3-6-11-23;1-21-16-18-26-29(20-21)31(24-12-7-4-8-13-24)34-28-19-17-22(2)25-14-9-15-27(32(25)28)33(34)30(26)23-10-5-3-6-11-23;1-11-5-7-13-14-8-6-12(2)10-16(14)17(3,4)15(13)9-11/h2*3-20H,1-2H3;5-10H,1-4H3. The van der Waals surface area contributed by atoms with E-state index in [1.165, 1.54) is 188 Å². The second kappa shape index (κ2) is 20.2. The summed E-state index contributed by atoms with van der Waals surface area (Å²) in [6.07, 6.45) is 0. The van der Waals surface area contributed by atoms with Gasteiger partial charge in [-0.2, -0.15) is 0 Å². The molecule has 0 aliphatic heterocycles. The number of hydrogen-bond acceptors (Lipinski definition) is 0. The summed E-state index contributed by atoms with van der Waals surface area (Å²) in [7, 11) is 0. The highest BCUT2D eigenvalue weighted by Gasteiger charge is 2.36. The van der Waals surface area contributed by atoms with Gasteiger partial charge in [-0.05, 0) is 207 Å². The van der Waals surface area contributed by atoms with Gasteiger partial charge in [0.15, 0.2) is 0 Å². The summed E-state index contributed by atoms with van der Waals surface area (Å²) in [6, 6.07) is 94.1. The lowest BCUT2D eigenvalue weighted by atomic mass is 9.81. The lowest BCUT2D eigenvalue weighted by Crippen LogP contribution is -2.15. The quantitative estimate of drug-likeness (QED) is 0.165. The van der Waals surface area contributed by atoms with E-state index in [4.69, 9.17) is 0 Å². The second-order valence-electron chi connectivity index (χ2n) is 24.6. The van der Waals surface area contributed by atoms with Crippen molar-refractivity contribution >= 4 is 43.1 Å². The van der Waals surface area contributed by atoms with Gasteiger partial charge >= 0.3 is 0 Å². The molecule has 0 heterocycles. The van der Waals surface area contributed by atoms with Crippen LogP contribution in [0, 0.1) is 41.5 Å². The molecule has 0 spiro atoms. The van der Waals surface area contributed by atoms with Gasteiger partial charge in [-0.25, -0.2) is 0 Å². The zero-order chi connectivity index (χ0) is 57.8. The molecule has 0 saturated heterocycles. The fourth-order valence-electron chi connectivity index (χ4n) is 14.8. The van der Waals surface area contributed by atoms with E-state index in [1.807, 2.05) is 0 Å². The fourth-order valence-corrected chi connectivity index (χ4v) is 14.8. The van der Waals surface area contributed by atoms with Gasteiger partial charge in [-0.15, -0.1) is 0 Å². The zero-order valence-corrected chi connectivity index (χ0v) is 49.7. The van der Waals surface area contributed by atoms with Crippen LogP contribution in [-0.4, -0.2) is 0 Å². The number of hydrogen-bond donors (Lipinski definition) is 0.